The van der Waals surface area contributed by atoms with Gasteiger partial charge in [0.25, 0.3) is 0 Å². The maximum atomic E-state index is 13.3. The Balaban J connectivity index is 0.00000168. The molecule has 5 heteroatoms. The predicted octanol–water partition coefficient (Wildman–Crippen LogP) is 3.68. The number of nitrogens with one attached hydrogen (secondary N) is 1. The number of piperidine rings is 2. The molecule has 5 unspecified atom stereocenters. The molecule has 4 bridgehead atoms. The molecule has 1 N–H and O–H groups in total. The molecule has 1 aliphatic carbocycles. The van der Waals surface area contributed by atoms with Gasteiger partial charge in [-0.2, -0.15) is 0 Å². The Labute approximate surface area is 160 Å². The van der Waals surface area contributed by atoms with Crippen LogP contribution in [-0.4, -0.2) is 42.1 Å². The van der Waals surface area contributed by atoms with E-state index in [1.807, 2.05) is 0 Å². The van der Waals surface area contributed by atoms with Gasteiger partial charge in [0.2, 0.25) is 0 Å². The minimum atomic E-state index is -0.526. The van der Waals surface area contributed by atoms with Gasteiger partial charge in [0.05, 0.1) is 7.11 Å². The largest absolute Gasteiger partial charge is 0.468 e. The zero-order chi connectivity index (χ0) is 17.2. The molecule has 2 saturated heterocycles. The van der Waals surface area contributed by atoms with Crippen LogP contribution in [0.3, 0.4) is 0 Å². The first-order valence-electron chi connectivity index (χ1n) is 9.61. The second kappa shape index (κ2) is 6.28. The lowest BCUT2D eigenvalue weighted by Crippen LogP contribution is -2.67. The Morgan fingerprint density at radius 3 is 2.96 bits per heavy atom. The summed E-state index contributed by atoms with van der Waals surface area (Å²) in [5.74, 6) is 1.12. The topological polar surface area (TPSA) is 45.3 Å². The summed E-state index contributed by atoms with van der Waals surface area (Å²) in [5.41, 5.74) is 3.11. The zero-order valence-electron chi connectivity index (χ0n) is 15.5. The third kappa shape index (κ3) is 2.15. The lowest BCUT2D eigenvalue weighted by atomic mass is 9.56. The molecule has 140 valence electrons. The van der Waals surface area contributed by atoms with E-state index >= 15 is 0 Å². The molecule has 0 spiro atoms. The quantitative estimate of drug-likeness (QED) is 0.815. The van der Waals surface area contributed by atoms with Crippen molar-refractivity contribution in [3.63, 3.8) is 0 Å². The van der Waals surface area contributed by atoms with Crippen molar-refractivity contribution in [2.75, 3.05) is 20.2 Å². The van der Waals surface area contributed by atoms with Crippen LogP contribution in [0.15, 0.2) is 24.3 Å². The monoisotopic (exact) mass is 374 g/mol. The Bertz CT molecular complexity index is 848. The van der Waals surface area contributed by atoms with Crippen molar-refractivity contribution >= 4 is 29.3 Å². The van der Waals surface area contributed by atoms with E-state index in [1.54, 1.807) is 7.11 Å². The number of para-hydroxylation sites is 1. The van der Waals surface area contributed by atoms with Crippen LogP contribution < -0.4 is 0 Å². The molecule has 26 heavy (non-hydrogen) atoms. The van der Waals surface area contributed by atoms with E-state index in [1.165, 1.54) is 17.4 Å². The number of ether oxygens (including phenoxy) is 1. The standard InChI is InChI=1S/C21H26N2O2.ClH/c1-3-14-10-13-11-21(20(24)25-2)18-16(8-9-23(12-13)19(14)21)15-6-4-5-7-17(15)22-18;/h4-7,13-14,19,22H,3,8-12H2,1-2H3;1H. The molecule has 1 saturated carbocycles. The van der Waals surface area contributed by atoms with Gasteiger partial charge in [-0.05, 0) is 42.7 Å². The van der Waals surface area contributed by atoms with E-state index in [4.69, 9.17) is 4.74 Å². The lowest BCUT2D eigenvalue weighted by Gasteiger charge is -2.57. The van der Waals surface area contributed by atoms with Crippen molar-refractivity contribution in [3.05, 3.63) is 35.5 Å². The van der Waals surface area contributed by atoms with Crippen LogP contribution in [0.2, 0.25) is 0 Å². The first kappa shape index (κ1) is 17.9. The molecule has 1 aromatic heterocycles. The number of fused-ring (bicyclic) bond motifs is 4. The molecule has 1 aromatic carbocycles. The number of aromatic nitrogens is 1. The molecule has 2 aromatic rings. The Kier molecular flexibility index (Phi) is 4.31. The smallest absolute Gasteiger partial charge is 0.319 e. The molecule has 0 radical (unpaired) electrons. The summed E-state index contributed by atoms with van der Waals surface area (Å²) in [6.07, 6.45) is 4.33. The third-order valence-electron chi connectivity index (χ3n) is 7.07. The van der Waals surface area contributed by atoms with Gasteiger partial charge in [-0.1, -0.05) is 31.5 Å². The Morgan fingerprint density at radius 2 is 2.19 bits per heavy atom. The van der Waals surface area contributed by atoms with Crippen molar-refractivity contribution in [2.24, 2.45) is 11.8 Å². The molecule has 0 amide bonds. The number of H-pyrrole nitrogens is 1. The average Bonchev–Trinajstić information content (AvgIpc) is 3.00. The number of nitrogens with zero attached hydrogens (tertiary/aromatic N) is 1. The van der Waals surface area contributed by atoms with Gasteiger partial charge in [-0.3, -0.25) is 9.69 Å². The fourth-order valence-electron chi connectivity index (χ4n) is 6.27. The highest BCUT2D eigenvalue weighted by molar-refractivity contribution is 5.91. The summed E-state index contributed by atoms with van der Waals surface area (Å²) in [5, 5.41) is 1.28. The van der Waals surface area contributed by atoms with Gasteiger partial charge in [-0.25, -0.2) is 0 Å². The summed E-state index contributed by atoms with van der Waals surface area (Å²) in [4.78, 5) is 19.5. The Morgan fingerprint density at radius 1 is 1.38 bits per heavy atom. The van der Waals surface area contributed by atoms with Crippen LogP contribution in [-0.2, 0) is 21.4 Å². The number of esters is 1. The van der Waals surface area contributed by atoms with Crippen molar-refractivity contribution in [1.29, 1.82) is 0 Å². The summed E-state index contributed by atoms with van der Waals surface area (Å²) < 4.78 is 5.43. The number of aromatic amines is 1. The summed E-state index contributed by atoms with van der Waals surface area (Å²) in [6.45, 7) is 4.46. The number of hydrogen-bond donors (Lipinski definition) is 1. The molecule has 6 rings (SSSR count). The number of carbonyl (C=O) groups excluding carboxylic acids is 1. The first-order valence-corrected chi connectivity index (χ1v) is 9.61. The highest BCUT2D eigenvalue weighted by atomic mass is 35.5. The van der Waals surface area contributed by atoms with E-state index in [0.717, 1.165) is 43.6 Å². The highest BCUT2D eigenvalue weighted by Crippen LogP contribution is 2.55. The van der Waals surface area contributed by atoms with Crippen LogP contribution in [0.5, 0.6) is 0 Å². The fraction of sp³-hybridized carbons (Fsp3) is 0.571. The maximum absolute atomic E-state index is 13.3. The maximum Gasteiger partial charge on any atom is 0.319 e. The van der Waals surface area contributed by atoms with Gasteiger partial charge in [0.1, 0.15) is 5.41 Å². The number of rotatable bonds is 2. The molecule has 3 fully saturated rings. The second-order valence-corrected chi connectivity index (χ2v) is 8.15. The summed E-state index contributed by atoms with van der Waals surface area (Å²) in [6, 6.07) is 8.75. The number of halogens is 1. The van der Waals surface area contributed by atoms with Gasteiger partial charge in [0, 0.05) is 35.7 Å². The zero-order valence-corrected chi connectivity index (χ0v) is 16.3. The number of methoxy groups -OCH3 is 1. The number of carbonyl (C=O) groups is 1. The van der Waals surface area contributed by atoms with Gasteiger partial charge in [-0.15, -0.1) is 12.4 Å². The van der Waals surface area contributed by atoms with E-state index < -0.39 is 5.41 Å². The van der Waals surface area contributed by atoms with Crippen LogP contribution in [0.1, 0.15) is 37.4 Å². The van der Waals surface area contributed by atoms with E-state index in [9.17, 15) is 4.79 Å². The third-order valence-corrected chi connectivity index (χ3v) is 7.07. The molecule has 3 aliphatic heterocycles. The van der Waals surface area contributed by atoms with Gasteiger partial charge in [0.15, 0.2) is 0 Å². The number of benzene rings is 1. The molecule has 4 aliphatic rings. The lowest BCUT2D eigenvalue weighted by molar-refractivity contribution is -0.162. The fourth-order valence-corrected chi connectivity index (χ4v) is 6.27. The van der Waals surface area contributed by atoms with E-state index in [0.29, 0.717) is 11.8 Å². The highest BCUT2D eigenvalue weighted by Gasteiger charge is 2.62. The number of hydrogen-bond acceptors (Lipinski definition) is 3. The molecule has 4 heterocycles. The van der Waals surface area contributed by atoms with Crippen LogP contribution in [0.4, 0.5) is 0 Å². The van der Waals surface area contributed by atoms with E-state index in [-0.39, 0.29) is 24.4 Å². The van der Waals surface area contributed by atoms with Crippen LogP contribution in [0.25, 0.3) is 10.9 Å². The SMILES string of the molecule is CCC1CC2CN3CCc4c([nH]c5ccccc45)C(C(=O)OC)(C2)C13.Cl. The molecule has 5 atom stereocenters. The van der Waals surface area contributed by atoms with Crippen molar-refractivity contribution in [2.45, 2.75) is 44.1 Å². The predicted molar refractivity (Wildman–Crippen MR) is 105 cm³/mol. The van der Waals surface area contributed by atoms with Crippen LogP contribution >= 0.6 is 12.4 Å². The molecular formula is C21H27ClN2O2. The van der Waals surface area contributed by atoms with Gasteiger partial charge >= 0.3 is 5.97 Å². The van der Waals surface area contributed by atoms with Crippen LogP contribution in [0, 0.1) is 11.8 Å². The molecular weight excluding hydrogens is 348 g/mol. The minimum absolute atomic E-state index is 0. The summed E-state index contributed by atoms with van der Waals surface area (Å²) in [7, 11) is 1.55. The summed E-state index contributed by atoms with van der Waals surface area (Å²) >= 11 is 0. The average molecular weight is 375 g/mol. The first-order chi connectivity index (χ1) is 12.2. The van der Waals surface area contributed by atoms with Gasteiger partial charge < -0.3 is 9.72 Å². The van der Waals surface area contributed by atoms with Crippen molar-refractivity contribution in [1.82, 2.24) is 9.88 Å². The molecule has 4 nitrogen and oxygen atoms in total. The minimum Gasteiger partial charge on any atom is -0.468 e. The normalized spacial score (nSPS) is 34.7. The second-order valence-electron chi connectivity index (χ2n) is 8.15. The van der Waals surface area contributed by atoms with E-state index in [2.05, 4.69) is 41.1 Å². The Hall–Kier alpha value is -1.52. The van der Waals surface area contributed by atoms with Crippen molar-refractivity contribution < 1.29 is 9.53 Å². The van der Waals surface area contributed by atoms with Crippen molar-refractivity contribution in [3.8, 4) is 0 Å².